The maximum absolute atomic E-state index is 13.7. The Morgan fingerprint density at radius 3 is 2.36 bits per heavy atom. The summed E-state index contributed by atoms with van der Waals surface area (Å²) in [4.78, 5) is 11.7. The van der Waals surface area contributed by atoms with Crippen LogP contribution in [-0.4, -0.2) is 25.7 Å². The zero-order valence-electron chi connectivity index (χ0n) is 11.4. The molecule has 0 spiro atoms. The molecule has 2 rings (SSSR count). The summed E-state index contributed by atoms with van der Waals surface area (Å²) >= 11 is 1.46. The highest BCUT2D eigenvalue weighted by atomic mass is 32.2. The Bertz CT molecular complexity index is 804. The number of carboxylic acid groups (broad SMARTS) is 1. The molecule has 0 fully saturated rings. The average molecular weight is 341 g/mol. The van der Waals surface area contributed by atoms with Gasteiger partial charge in [0.05, 0.1) is 16.1 Å². The van der Waals surface area contributed by atoms with Gasteiger partial charge in [0.2, 0.25) is 0 Å². The molecular formula is C14H12FNO4S2. The summed E-state index contributed by atoms with van der Waals surface area (Å²) in [7, 11) is -4.00. The second kappa shape index (κ2) is 6.37. The Morgan fingerprint density at radius 1 is 1.18 bits per heavy atom. The molecule has 2 N–H and O–H groups in total. The molecule has 0 bridgehead atoms. The van der Waals surface area contributed by atoms with Crippen molar-refractivity contribution in [3.8, 4) is 0 Å². The maximum atomic E-state index is 13.7. The number of carboxylic acids is 1. The second-order valence-electron chi connectivity index (χ2n) is 4.28. The molecule has 22 heavy (non-hydrogen) atoms. The first kappa shape index (κ1) is 16.3. The average Bonchev–Trinajstić information content (AvgIpc) is 2.49. The van der Waals surface area contributed by atoms with Crippen LogP contribution in [-0.2, 0) is 10.0 Å². The van der Waals surface area contributed by atoms with E-state index in [1.54, 1.807) is 12.1 Å². The van der Waals surface area contributed by atoms with Gasteiger partial charge in [0.1, 0.15) is 5.82 Å². The van der Waals surface area contributed by atoms with Crippen molar-refractivity contribution >= 4 is 33.4 Å². The van der Waals surface area contributed by atoms with Crippen LogP contribution in [0.25, 0.3) is 0 Å². The summed E-state index contributed by atoms with van der Waals surface area (Å²) in [6.45, 7) is 0. The molecule has 0 amide bonds. The third-order valence-electron chi connectivity index (χ3n) is 2.83. The van der Waals surface area contributed by atoms with Gasteiger partial charge in [-0.05, 0) is 48.7 Å². The van der Waals surface area contributed by atoms with Crippen LogP contribution in [0.1, 0.15) is 10.4 Å². The molecule has 0 saturated carbocycles. The zero-order chi connectivity index (χ0) is 16.3. The van der Waals surface area contributed by atoms with E-state index in [2.05, 4.69) is 4.72 Å². The number of hydrogen-bond acceptors (Lipinski definition) is 4. The SMILES string of the molecule is CSc1ccc(S(=O)(=O)Nc2cc(C(=O)O)ccc2F)cc1. The third kappa shape index (κ3) is 3.58. The van der Waals surface area contributed by atoms with Gasteiger partial charge in [-0.2, -0.15) is 0 Å². The maximum Gasteiger partial charge on any atom is 0.335 e. The number of nitrogens with one attached hydrogen (secondary N) is 1. The normalized spacial score (nSPS) is 11.2. The minimum atomic E-state index is -4.00. The Hall–Kier alpha value is -2.06. The van der Waals surface area contributed by atoms with E-state index in [-0.39, 0.29) is 10.5 Å². The molecule has 0 radical (unpaired) electrons. The smallest absolute Gasteiger partial charge is 0.335 e. The molecule has 0 heterocycles. The molecule has 2 aromatic carbocycles. The van der Waals surface area contributed by atoms with E-state index in [9.17, 15) is 17.6 Å². The predicted octanol–water partition coefficient (Wildman–Crippen LogP) is 3.05. The minimum Gasteiger partial charge on any atom is -0.478 e. The number of thioether (sulfide) groups is 1. The number of sulfonamides is 1. The van der Waals surface area contributed by atoms with E-state index >= 15 is 0 Å². The molecule has 0 aliphatic rings. The number of halogens is 1. The number of benzene rings is 2. The lowest BCUT2D eigenvalue weighted by atomic mass is 10.2. The van der Waals surface area contributed by atoms with Crippen molar-refractivity contribution in [2.24, 2.45) is 0 Å². The van der Waals surface area contributed by atoms with Crippen molar-refractivity contribution in [3.63, 3.8) is 0 Å². The molecule has 8 heteroatoms. The minimum absolute atomic E-state index is 0.0366. The first-order chi connectivity index (χ1) is 10.3. The van der Waals surface area contributed by atoms with E-state index in [1.807, 2.05) is 6.26 Å². The number of anilines is 1. The predicted molar refractivity (Wildman–Crippen MR) is 82.4 cm³/mol. The van der Waals surface area contributed by atoms with Crippen LogP contribution in [0.5, 0.6) is 0 Å². The molecule has 5 nitrogen and oxygen atoms in total. The van der Waals surface area contributed by atoms with Crippen LogP contribution >= 0.6 is 11.8 Å². The largest absolute Gasteiger partial charge is 0.478 e. The lowest BCUT2D eigenvalue weighted by Gasteiger charge is -2.10. The van der Waals surface area contributed by atoms with Crippen molar-refractivity contribution in [2.75, 3.05) is 11.0 Å². The van der Waals surface area contributed by atoms with Crippen LogP contribution in [0.4, 0.5) is 10.1 Å². The second-order valence-corrected chi connectivity index (χ2v) is 6.84. The van der Waals surface area contributed by atoms with E-state index in [4.69, 9.17) is 5.11 Å². The van der Waals surface area contributed by atoms with Crippen molar-refractivity contribution < 1.29 is 22.7 Å². The van der Waals surface area contributed by atoms with Gasteiger partial charge >= 0.3 is 5.97 Å². The van der Waals surface area contributed by atoms with Crippen LogP contribution < -0.4 is 4.72 Å². The zero-order valence-corrected chi connectivity index (χ0v) is 13.0. The van der Waals surface area contributed by atoms with Crippen molar-refractivity contribution in [1.29, 1.82) is 0 Å². The number of aromatic carboxylic acids is 1. The first-order valence-electron chi connectivity index (χ1n) is 6.03. The third-order valence-corrected chi connectivity index (χ3v) is 4.95. The van der Waals surface area contributed by atoms with E-state index in [0.29, 0.717) is 0 Å². The van der Waals surface area contributed by atoms with Gasteiger partial charge in [0.15, 0.2) is 0 Å². The molecule has 0 saturated heterocycles. The van der Waals surface area contributed by atoms with Gasteiger partial charge < -0.3 is 5.11 Å². The van der Waals surface area contributed by atoms with Gasteiger partial charge in [0.25, 0.3) is 10.0 Å². The lowest BCUT2D eigenvalue weighted by Crippen LogP contribution is -2.14. The van der Waals surface area contributed by atoms with Crippen molar-refractivity contribution in [1.82, 2.24) is 0 Å². The summed E-state index contributed by atoms with van der Waals surface area (Å²) in [6, 6.07) is 8.94. The molecule has 116 valence electrons. The summed E-state index contributed by atoms with van der Waals surface area (Å²) in [5.41, 5.74) is -0.620. The molecule has 0 aliphatic carbocycles. The Labute approximate surface area is 131 Å². The molecule has 0 aliphatic heterocycles. The number of rotatable bonds is 5. The highest BCUT2D eigenvalue weighted by Crippen LogP contribution is 2.22. The Balaban J connectivity index is 2.35. The topological polar surface area (TPSA) is 83.5 Å². The number of carbonyl (C=O) groups is 1. The highest BCUT2D eigenvalue weighted by Gasteiger charge is 2.17. The molecule has 0 unspecified atom stereocenters. The summed E-state index contributed by atoms with van der Waals surface area (Å²) < 4.78 is 40.1. The van der Waals surface area contributed by atoms with E-state index in [0.717, 1.165) is 23.1 Å². The monoisotopic (exact) mass is 341 g/mol. The number of hydrogen-bond donors (Lipinski definition) is 2. The van der Waals surface area contributed by atoms with E-state index in [1.165, 1.54) is 23.9 Å². The molecule has 0 atom stereocenters. The molecule has 0 aromatic heterocycles. The van der Waals surface area contributed by atoms with Crippen LogP contribution in [0.2, 0.25) is 0 Å². The lowest BCUT2D eigenvalue weighted by molar-refractivity contribution is 0.0697. The summed E-state index contributed by atoms with van der Waals surface area (Å²) in [5, 5.41) is 8.87. The van der Waals surface area contributed by atoms with Gasteiger partial charge in [-0.25, -0.2) is 17.6 Å². The fraction of sp³-hybridized carbons (Fsp3) is 0.0714. The van der Waals surface area contributed by atoms with Crippen LogP contribution in [0, 0.1) is 5.82 Å². The van der Waals surface area contributed by atoms with Gasteiger partial charge in [-0.3, -0.25) is 4.72 Å². The van der Waals surface area contributed by atoms with E-state index < -0.39 is 27.5 Å². The van der Waals surface area contributed by atoms with Crippen molar-refractivity contribution in [3.05, 3.63) is 53.8 Å². The Kier molecular flexibility index (Phi) is 4.72. The van der Waals surface area contributed by atoms with Gasteiger partial charge in [-0.15, -0.1) is 11.8 Å². The summed E-state index contributed by atoms with van der Waals surface area (Å²) in [5.74, 6) is -2.13. The standard InChI is InChI=1S/C14H12FNO4S2/c1-21-10-3-5-11(6-4-10)22(19,20)16-13-8-9(14(17)18)2-7-12(13)15/h2-8,16H,1H3,(H,17,18). The van der Waals surface area contributed by atoms with Crippen LogP contribution in [0.15, 0.2) is 52.3 Å². The first-order valence-corrected chi connectivity index (χ1v) is 8.74. The highest BCUT2D eigenvalue weighted by molar-refractivity contribution is 7.98. The van der Waals surface area contributed by atoms with Gasteiger partial charge in [0, 0.05) is 4.90 Å². The van der Waals surface area contributed by atoms with Crippen LogP contribution in [0.3, 0.4) is 0 Å². The fourth-order valence-electron chi connectivity index (χ4n) is 1.70. The quantitative estimate of drug-likeness (QED) is 0.817. The molecular weight excluding hydrogens is 329 g/mol. The van der Waals surface area contributed by atoms with Gasteiger partial charge in [-0.1, -0.05) is 0 Å². The molecule has 2 aromatic rings. The van der Waals surface area contributed by atoms with Crippen molar-refractivity contribution in [2.45, 2.75) is 9.79 Å². The summed E-state index contributed by atoms with van der Waals surface area (Å²) in [6.07, 6.45) is 1.86. The fourth-order valence-corrected chi connectivity index (χ4v) is 3.16. The Morgan fingerprint density at radius 2 is 1.82 bits per heavy atom.